The number of hydrogen-bond donors (Lipinski definition) is 4. The zero-order chi connectivity index (χ0) is 15.1. The Morgan fingerprint density at radius 2 is 1.95 bits per heavy atom. The number of aliphatic carboxylic acids is 1. The Hall–Kier alpha value is -2.57. The topological polar surface area (TPSA) is 122 Å². The van der Waals surface area contributed by atoms with Crippen molar-refractivity contribution in [3.05, 3.63) is 29.8 Å². The molecular formula is C13H17N3O4. The standard InChI is InChI=1S/C13H17N3O4/c1-8-4-2-3-5-9(8)15-13(20)16-10(12(18)19)6-7-11(14)17/h2-5,10H,6-7H2,1H3,(H2,14,17)(H,18,19)(H2,15,16,20)/t10-/m1/s1. The van der Waals surface area contributed by atoms with Crippen LogP contribution in [0.25, 0.3) is 0 Å². The molecule has 7 heteroatoms. The lowest BCUT2D eigenvalue weighted by Gasteiger charge is -2.15. The molecule has 0 heterocycles. The van der Waals surface area contributed by atoms with Gasteiger partial charge in [-0.25, -0.2) is 9.59 Å². The lowest BCUT2D eigenvalue weighted by atomic mass is 10.1. The molecule has 0 aliphatic rings. The van der Waals surface area contributed by atoms with E-state index in [9.17, 15) is 14.4 Å². The molecule has 1 aromatic carbocycles. The number of carboxylic acids is 1. The van der Waals surface area contributed by atoms with E-state index in [0.29, 0.717) is 5.69 Å². The van der Waals surface area contributed by atoms with Gasteiger partial charge in [-0.2, -0.15) is 0 Å². The van der Waals surface area contributed by atoms with Crippen molar-refractivity contribution >= 4 is 23.6 Å². The van der Waals surface area contributed by atoms with E-state index in [1.807, 2.05) is 19.1 Å². The van der Waals surface area contributed by atoms with Gasteiger partial charge in [-0.05, 0) is 25.0 Å². The van der Waals surface area contributed by atoms with Gasteiger partial charge in [-0.1, -0.05) is 18.2 Å². The highest BCUT2D eigenvalue weighted by Crippen LogP contribution is 2.12. The highest BCUT2D eigenvalue weighted by atomic mass is 16.4. The summed E-state index contributed by atoms with van der Waals surface area (Å²) in [5.41, 5.74) is 6.40. The Morgan fingerprint density at radius 1 is 1.30 bits per heavy atom. The number of nitrogens with one attached hydrogen (secondary N) is 2. The molecule has 5 N–H and O–H groups in total. The third-order valence-electron chi connectivity index (χ3n) is 2.68. The number of primary amides is 1. The third kappa shape index (κ3) is 4.97. The number of aryl methyl sites for hydroxylation is 1. The zero-order valence-electron chi connectivity index (χ0n) is 11.1. The summed E-state index contributed by atoms with van der Waals surface area (Å²) < 4.78 is 0. The van der Waals surface area contributed by atoms with Crippen LogP contribution in [0.2, 0.25) is 0 Å². The maximum atomic E-state index is 11.7. The molecule has 0 aliphatic carbocycles. The number of carbonyl (C=O) groups is 3. The van der Waals surface area contributed by atoms with E-state index >= 15 is 0 Å². The molecule has 0 aromatic heterocycles. The van der Waals surface area contributed by atoms with E-state index in [1.165, 1.54) is 0 Å². The number of urea groups is 1. The number of rotatable bonds is 6. The van der Waals surface area contributed by atoms with E-state index in [0.717, 1.165) is 5.56 Å². The van der Waals surface area contributed by atoms with Crippen molar-refractivity contribution < 1.29 is 19.5 Å². The van der Waals surface area contributed by atoms with Crippen molar-refractivity contribution in [3.8, 4) is 0 Å². The highest BCUT2D eigenvalue weighted by molar-refractivity contribution is 5.93. The quantitative estimate of drug-likeness (QED) is 0.616. The van der Waals surface area contributed by atoms with Gasteiger partial charge in [0, 0.05) is 12.1 Å². The smallest absolute Gasteiger partial charge is 0.326 e. The monoisotopic (exact) mass is 279 g/mol. The Morgan fingerprint density at radius 3 is 2.50 bits per heavy atom. The molecule has 7 nitrogen and oxygen atoms in total. The van der Waals surface area contributed by atoms with Gasteiger partial charge in [-0.3, -0.25) is 4.79 Å². The van der Waals surface area contributed by atoms with Gasteiger partial charge in [0.1, 0.15) is 6.04 Å². The molecule has 0 saturated heterocycles. The van der Waals surface area contributed by atoms with Crippen LogP contribution in [0.1, 0.15) is 18.4 Å². The summed E-state index contributed by atoms with van der Waals surface area (Å²) in [7, 11) is 0. The number of carboxylic acid groups (broad SMARTS) is 1. The van der Waals surface area contributed by atoms with Crippen LogP contribution in [0.15, 0.2) is 24.3 Å². The predicted octanol–water partition coefficient (Wildman–Crippen LogP) is 0.835. The first-order chi connectivity index (χ1) is 9.40. The maximum absolute atomic E-state index is 11.7. The van der Waals surface area contributed by atoms with Gasteiger partial charge >= 0.3 is 12.0 Å². The van der Waals surface area contributed by atoms with E-state index in [4.69, 9.17) is 10.8 Å². The average molecular weight is 279 g/mol. The number of anilines is 1. The van der Waals surface area contributed by atoms with Crippen LogP contribution < -0.4 is 16.4 Å². The fourth-order valence-corrected chi connectivity index (χ4v) is 1.57. The van der Waals surface area contributed by atoms with E-state index in [1.54, 1.807) is 12.1 Å². The minimum atomic E-state index is -1.22. The second-order valence-corrected chi connectivity index (χ2v) is 4.31. The first kappa shape index (κ1) is 15.5. The summed E-state index contributed by atoms with van der Waals surface area (Å²) in [5, 5.41) is 13.8. The molecule has 0 bridgehead atoms. The van der Waals surface area contributed by atoms with Gasteiger partial charge in [0.2, 0.25) is 5.91 Å². The number of para-hydroxylation sites is 1. The van der Waals surface area contributed by atoms with Crippen molar-refractivity contribution in [1.29, 1.82) is 0 Å². The number of carbonyl (C=O) groups excluding carboxylic acids is 2. The molecule has 0 aliphatic heterocycles. The van der Waals surface area contributed by atoms with Crippen molar-refractivity contribution in [1.82, 2.24) is 5.32 Å². The van der Waals surface area contributed by atoms with Crippen LogP contribution in [-0.2, 0) is 9.59 Å². The first-order valence-electron chi connectivity index (χ1n) is 6.04. The van der Waals surface area contributed by atoms with Gasteiger partial charge < -0.3 is 21.5 Å². The summed E-state index contributed by atoms with van der Waals surface area (Å²) >= 11 is 0. The van der Waals surface area contributed by atoms with E-state index in [2.05, 4.69) is 10.6 Å². The largest absolute Gasteiger partial charge is 0.480 e. The number of benzene rings is 1. The lowest BCUT2D eigenvalue weighted by molar-refractivity contribution is -0.139. The molecule has 1 aromatic rings. The van der Waals surface area contributed by atoms with Gasteiger partial charge in [0.25, 0.3) is 0 Å². The summed E-state index contributed by atoms with van der Waals surface area (Å²) in [6.07, 6.45) is -0.159. The molecule has 108 valence electrons. The van der Waals surface area contributed by atoms with Crippen LogP contribution in [0, 0.1) is 6.92 Å². The summed E-state index contributed by atoms with van der Waals surface area (Å²) in [6.45, 7) is 1.82. The van der Waals surface area contributed by atoms with E-state index < -0.39 is 23.9 Å². The molecule has 0 fully saturated rings. The van der Waals surface area contributed by atoms with Gasteiger partial charge in [0.15, 0.2) is 0 Å². The molecule has 1 atom stereocenters. The number of amides is 3. The Kier molecular flexibility index (Phi) is 5.52. The second-order valence-electron chi connectivity index (χ2n) is 4.31. The molecule has 0 spiro atoms. The molecule has 3 amide bonds. The average Bonchev–Trinajstić information content (AvgIpc) is 2.36. The fraction of sp³-hybridized carbons (Fsp3) is 0.308. The van der Waals surface area contributed by atoms with Crippen molar-refractivity contribution in [2.24, 2.45) is 5.73 Å². The third-order valence-corrected chi connectivity index (χ3v) is 2.68. The van der Waals surface area contributed by atoms with Gasteiger partial charge in [-0.15, -0.1) is 0 Å². The van der Waals surface area contributed by atoms with Crippen molar-refractivity contribution in [2.75, 3.05) is 5.32 Å². The number of hydrogen-bond acceptors (Lipinski definition) is 3. The maximum Gasteiger partial charge on any atom is 0.326 e. The van der Waals surface area contributed by atoms with Crippen LogP contribution in [0.3, 0.4) is 0 Å². The fourth-order valence-electron chi connectivity index (χ4n) is 1.57. The summed E-state index contributed by atoms with van der Waals surface area (Å²) in [6, 6.07) is 5.30. The normalized spacial score (nSPS) is 11.4. The molecule has 0 saturated carbocycles. The molecule has 20 heavy (non-hydrogen) atoms. The first-order valence-corrected chi connectivity index (χ1v) is 6.04. The summed E-state index contributed by atoms with van der Waals surface area (Å²) in [4.78, 5) is 33.3. The Balaban J connectivity index is 2.60. The SMILES string of the molecule is Cc1ccccc1NC(=O)N[C@H](CCC(N)=O)C(=O)O. The summed E-state index contributed by atoms with van der Waals surface area (Å²) in [5.74, 6) is -1.83. The van der Waals surface area contributed by atoms with Crippen LogP contribution in [-0.4, -0.2) is 29.1 Å². The second kappa shape index (κ2) is 7.13. The van der Waals surface area contributed by atoms with Crippen molar-refractivity contribution in [3.63, 3.8) is 0 Å². The van der Waals surface area contributed by atoms with Crippen LogP contribution in [0.4, 0.5) is 10.5 Å². The van der Waals surface area contributed by atoms with E-state index in [-0.39, 0.29) is 12.8 Å². The molecular weight excluding hydrogens is 262 g/mol. The Bertz CT molecular complexity index is 516. The number of nitrogens with two attached hydrogens (primary N) is 1. The van der Waals surface area contributed by atoms with Crippen molar-refractivity contribution in [2.45, 2.75) is 25.8 Å². The van der Waals surface area contributed by atoms with Gasteiger partial charge in [0.05, 0.1) is 0 Å². The molecule has 0 unspecified atom stereocenters. The van der Waals surface area contributed by atoms with Crippen LogP contribution in [0.5, 0.6) is 0 Å². The lowest BCUT2D eigenvalue weighted by Crippen LogP contribution is -2.43. The Labute approximate surface area is 116 Å². The van der Waals surface area contributed by atoms with Crippen LogP contribution >= 0.6 is 0 Å². The molecule has 1 rings (SSSR count). The minimum absolute atomic E-state index is 0.0497. The predicted molar refractivity (Wildman–Crippen MR) is 73.2 cm³/mol. The zero-order valence-corrected chi connectivity index (χ0v) is 11.1. The minimum Gasteiger partial charge on any atom is -0.480 e. The molecule has 0 radical (unpaired) electrons. The highest BCUT2D eigenvalue weighted by Gasteiger charge is 2.20.